The third-order valence-corrected chi connectivity index (χ3v) is 3.71. The zero-order valence-corrected chi connectivity index (χ0v) is 12.3. The summed E-state index contributed by atoms with van der Waals surface area (Å²) >= 11 is 1.68. The molecule has 1 heterocycles. The van der Waals surface area contributed by atoms with Crippen molar-refractivity contribution in [2.45, 2.75) is 58.6 Å². The standard InChI is InChI=1S/C13H24N2OS/c1-6-13(5,16)9-14-7-11-15-10(8-17-11)12(2,3)4/h8,14,16H,6-7,9H2,1-5H3. The predicted molar refractivity (Wildman–Crippen MR) is 73.4 cm³/mol. The highest BCUT2D eigenvalue weighted by Crippen LogP contribution is 2.23. The third-order valence-electron chi connectivity index (χ3n) is 2.86. The Morgan fingerprint density at radius 3 is 2.47 bits per heavy atom. The number of rotatable bonds is 5. The van der Waals surface area contributed by atoms with Crippen molar-refractivity contribution in [1.29, 1.82) is 0 Å². The molecule has 0 aliphatic rings. The van der Waals surface area contributed by atoms with Gasteiger partial charge in [0.25, 0.3) is 0 Å². The summed E-state index contributed by atoms with van der Waals surface area (Å²) in [4.78, 5) is 4.60. The van der Waals surface area contributed by atoms with Crippen molar-refractivity contribution >= 4 is 11.3 Å². The van der Waals surface area contributed by atoms with E-state index in [0.29, 0.717) is 6.54 Å². The van der Waals surface area contributed by atoms with Crippen LogP contribution >= 0.6 is 11.3 Å². The van der Waals surface area contributed by atoms with Gasteiger partial charge >= 0.3 is 0 Å². The SMILES string of the molecule is CCC(C)(O)CNCc1nc(C(C)(C)C)cs1. The number of hydrogen-bond acceptors (Lipinski definition) is 4. The van der Waals surface area contributed by atoms with E-state index in [1.807, 2.05) is 13.8 Å². The van der Waals surface area contributed by atoms with E-state index in [2.05, 4.69) is 36.5 Å². The second-order valence-electron chi connectivity index (χ2n) is 5.83. The summed E-state index contributed by atoms with van der Waals surface area (Å²) < 4.78 is 0. The minimum Gasteiger partial charge on any atom is -0.389 e. The summed E-state index contributed by atoms with van der Waals surface area (Å²) in [6.45, 7) is 11.7. The molecule has 4 heteroatoms. The highest BCUT2D eigenvalue weighted by Gasteiger charge is 2.19. The Labute approximate surface area is 108 Å². The zero-order valence-electron chi connectivity index (χ0n) is 11.5. The van der Waals surface area contributed by atoms with Crippen molar-refractivity contribution in [1.82, 2.24) is 10.3 Å². The monoisotopic (exact) mass is 256 g/mol. The normalized spacial score (nSPS) is 15.9. The van der Waals surface area contributed by atoms with Gasteiger partial charge in [-0.3, -0.25) is 0 Å². The van der Waals surface area contributed by atoms with Crippen LogP contribution in [-0.2, 0) is 12.0 Å². The Hall–Kier alpha value is -0.450. The second-order valence-corrected chi connectivity index (χ2v) is 6.77. The first kappa shape index (κ1) is 14.6. The van der Waals surface area contributed by atoms with Gasteiger partial charge in [-0.15, -0.1) is 11.3 Å². The molecule has 1 aromatic heterocycles. The molecule has 1 rings (SSSR count). The molecule has 1 unspecified atom stereocenters. The maximum Gasteiger partial charge on any atom is 0.107 e. The number of aromatic nitrogens is 1. The fourth-order valence-electron chi connectivity index (χ4n) is 1.30. The van der Waals surface area contributed by atoms with E-state index < -0.39 is 5.60 Å². The van der Waals surface area contributed by atoms with E-state index in [0.717, 1.165) is 23.7 Å². The Bertz CT molecular complexity index is 353. The molecule has 0 bridgehead atoms. The van der Waals surface area contributed by atoms with Gasteiger partial charge in [0.2, 0.25) is 0 Å². The molecule has 0 saturated carbocycles. The minimum absolute atomic E-state index is 0.115. The van der Waals surface area contributed by atoms with E-state index in [9.17, 15) is 5.11 Å². The second kappa shape index (κ2) is 5.46. The van der Waals surface area contributed by atoms with Crippen LogP contribution < -0.4 is 5.32 Å². The lowest BCUT2D eigenvalue weighted by Crippen LogP contribution is -2.36. The first-order valence-electron chi connectivity index (χ1n) is 6.12. The molecule has 0 fully saturated rings. The molecule has 1 atom stereocenters. The third kappa shape index (κ3) is 4.74. The first-order chi connectivity index (χ1) is 7.74. The highest BCUT2D eigenvalue weighted by molar-refractivity contribution is 7.09. The van der Waals surface area contributed by atoms with Gasteiger partial charge in [-0.2, -0.15) is 0 Å². The van der Waals surface area contributed by atoms with Crippen molar-refractivity contribution in [2.24, 2.45) is 0 Å². The fourth-order valence-corrected chi connectivity index (χ4v) is 2.29. The molecule has 0 saturated heterocycles. The molecule has 17 heavy (non-hydrogen) atoms. The van der Waals surface area contributed by atoms with Crippen LogP contribution in [0.1, 0.15) is 51.7 Å². The van der Waals surface area contributed by atoms with Gasteiger partial charge in [0, 0.05) is 23.9 Å². The van der Waals surface area contributed by atoms with Crippen LogP contribution in [0.5, 0.6) is 0 Å². The molecule has 0 aromatic carbocycles. The van der Waals surface area contributed by atoms with Crippen molar-refractivity contribution < 1.29 is 5.11 Å². The molecule has 0 radical (unpaired) electrons. The van der Waals surface area contributed by atoms with Gasteiger partial charge in [-0.1, -0.05) is 27.7 Å². The molecule has 3 nitrogen and oxygen atoms in total. The van der Waals surface area contributed by atoms with Crippen LogP contribution in [0.2, 0.25) is 0 Å². The Morgan fingerprint density at radius 1 is 1.35 bits per heavy atom. The molecule has 2 N–H and O–H groups in total. The zero-order chi connectivity index (χ0) is 13.1. The number of hydrogen-bond donors (Lipinski definition) is 2. The minimum atomic E-state index is -0.621. The Kier molecular flexibility index (Phi) is 4.69. The lowest BCUT2D eigenvalue weighted by atomic mass is 9.93. The van der Waals surface area contributed by atoms with Gasteiger partial charge in [-0.25, -0.2) is 4.98 Å². The quantitative estimate of drug-likeness (QED) is 0.851. The molecular weight excluding hydrogens is 232 g/mol. The van der Waals surface area contributed by atoms with E-state index in [1.165, 1.54) is 0 Å². The van der Waals surface area contributed by atoms with Crippen LogP contribution in [-0.4, -0.2) is 22.2 Å². The van der Waals surface area contributed by atoms with E-state index in [1.54, 1.807) is 11.3 Å². The largest absolute Gasteiger partial charge is 0.389 e. The summed E-state index contributed by atoms with van der Waals surface area (Å²) in [5.41, 5.74) is 0.634. The summed E-state index contributed by atoms with van der Waals surface area (Å²) in [7, 11) is 0. The lowest BCUT2D eigenvalue weighted by molar-refractivity contribution is 0.0555. The average Bonchev–Trinajstić information content (AvgIpc) is 2.66. The van der Waals surface area contributed by atoms with Crippen LogP contribution in [0.4, 0.5) is 0 Å². The van der Waals surface area contributed by atoms with Gasteiger partial charge < -0.3 is 10.4 Å². The summed E-state index contributed by atoms with van der Waals surface area (Å²) in [5, 5.41) is 16.3. The Balaban J connectivity index is 2.46. The highest BCUT2D eigenvalue weighted by atomic mass is 32.1. The summed E-state index contributed by atoms with van der Waals surface area (Å²) in [6.07, 6.45) is 0.755. The number of aliphatic hydroxyl groups is 1. The van der Waals surface area contributed by atoms with Crippen LogP contribution in [0.15, 0.2) is 5.38 Å². The molecular formula is C13H24N2OS. The lowest BCUT2D eigenvalue weighted by Gasteiger charge is -2.21. The molecule has 0 spiro atoms. The molecule has 0 amide bonds. The van der Waals surface area contributed by atoms with Crippen LogP contribution in [0.3, 0.4) is 0 Å². The topological polar surface area (TPSA) is 45.1 Å². The molecule has 98 valence electrons. The van der Waals surface area contributed by atoms with Crippen LogP contribution in [0.25, 0.3) is 0 Å². The molecule has 1 aromatic rings. The van der Waals surface area contributed by atoms with Crippen molar-refractivity contribution in [3.8, 4) is 0 Å². The van der Waals surface area contributed by atoms with E-state index in [-0.39, 0.29) is 5.41 Å². The number of nitrogens with one attached hydrogen (secondary N) is 1. The van der Waals surface area contributed by atoms with Gasteiger partial charge in [-0.05, 0) is 13.3 Å². The number of thiazole rings is 1. The summed E-state index contributed by atoms with van der Waals surface area (Å²) in [6, 6.07) is 0. The van der Waals surface area contributed by atoms with Crippen molar-refractivity contribution in [2.75, 3.05) is 6.54 Å². The maximum atomic E-state index is 9.86. The number of nitrogens with zero attached hydrogens (tertiary/aromatic N) is 1. The smallest absolute Gasteiger partial charge is 0.107 e. The summed E-state index contributed by atoms with van der Waals surface area (Å²) in [5.74, 6) is 0. The predicted octanol–water partition coefficient (Wildman–Crippen LogP) is 2.69. The van der Waals surface area contributed by atoms with Crippen molar-refractivity contribution in [3.63, 3.8) is 0 Å². The maximum absolute atomic E-state index is 9.86. The van der Waals surface area contributed by atoms with E-state index >= 15 is 0 Å². The first-order valence-corrected chi connectivity index (χ1v) is 7.00. The Morgan fingerprint density at radius 2 is 2.00 bits per heavy atom. The van der Waals surface area contributed by atoms with Gasteiger partial charge in [0.1, 0.15) is 5.01 Å². The van der Waals surface area contributed by atoms with Crippen LogP contribution in [0, 0.1) is 0 Å². The van der Waals surface area contributed by atoms with Crippen molar-refractivity contribution in [3.05, 3.63) is 16.1 Å². The van der Waals surface area contributed by atoms with E-state index in [4.69, 9.17) is 0 Å². The van der Waals surface area contributed by atoms with Gasteiger partial charge in [0.15, 0.2) is 0 Å². The average molecular weight is 256 g/mol. The fraction of sp³-hybridized carbons (Fsp3) is 0.769. The molecule has 0 aliphatic heterocycles. The van der Waals surface area contributed by atoms with Gasteiger partial charge in [0.05, 0.1) is 11.3 Å². The molecule has 0 aliphatic carbocycles.